The van der Waals surface area contributed by atoms with Crippen LogP contribution in [0.3, 0.4) is 0 Å². The molecule has 0 atom stereocenters. The van der Waals surface area contributed by atoms with E-state index in [-0.39, 0.29) is 5.82 Å². The van der Waals surface area contributed by atoms with Gasteiger partial charge in [0.2, 0.25) is 0 Å². The van der Waals surface area contributed by atoms with Crippen LogP contribution < -0.4 is 14.7 Å². The summed E-state index contributed by atoms with van der Waals surface area (Å²) in [6, 6.07) is 5.29. The summed E-state index contributed by atoms with van der Waals surface area (Å²) in [6.07, 6.45) is 5.41. The molecular weight excluding hydrogens is 307 g/mol. The molecule has 2 fully saturated rings. The lowest BCUT2D eigenvalue weighted by Gasteiger charge is -2.36. The lowest BCUT2D eigenvalue weighted by atomic mass is 10.3. The summed E-state index contributed by atoms with van der Waals surface area (Å²) in [5.41, 5.74) is 0. The third kappa shape index (κ3) is 3.11. The molecule has 0 aliphatic carbocycles. The highest BCUT2D eigenvalue weighted by Gasteiger charge is 2.21. The zero-order valence-corrected chi connectivity index (χ0v) is 13.6. The summed E-state index contributed by atoms with van der Waals surface area (Å²) in [5, 5.41) is 0. The van der Waals surface area contributed by atoms with Gasteiger partial charge in [0.05, 0.1) is 6.20 Å². The van der Waals surface area contributed by atoms with Crippen molar-refractivity contribution in [2.45, 2.75) is 12.8 Å². The molecule has 0 N–H and O–H groups in total. The van der Waals surface area contributed by atoms with Crippen LogP contribution in [0.4, 0.5) is 21.8 Å². The second-order valence-corrected chi connectivity index (χ2v) is 6.24. The van der Waals surface area contributed by atoms with Crippen LogP contribution in [-0.4, -0.2) is 54.2 Å². The van der Waals surface area contributed by atoms with E-state index in [1.54, 1.807) is 12.4 Å². The van der Waals surface area contributed by atoms with E-state index in [9.17, 15) is 4.39 Å². The minimum absolute atomic E-state index is 0.298. The standard InChI is InChI=1S/C17H21FN6/c18-14-3-4-15(19-12-14)23-7-9-24(10-8-23)17-11-16(20-13-21-17)22-5-1-2-6-22/h3-4,11-13H,1-2,5-10H2. The normalized spacial score (nSPS) is 18.3. The van der Waals surface area contributed by atoms with Gasteiger partial charge >= 0.3 is 0 Å². The van der Waals surface area contributed by atoms with E-state index in [0.29, 0.717) is 0 Å². The molecule has 0 saturated carbocycles. The molecule has 2 aromatic heterocycles. The van der Waals surface area contributed by atoms with E-state index in [0.717, 1.165) is 56.7 Å². The predicted molar refractivity (Wildman–Crippen MR) is 92.1 cm³/mol. The Bertz CT molecular complexity index is 678. The van der Waals surface area contributed by atoms with Crippen molar-refractivity contribution < 1.29 is 4.39 Å². The average Bonchev–Trinajstić information content (AvgIpc) is 3.17. The molecule has 0 aromatic carbocycles. The Kier molecular flexibility index (Phi) is 4.15. The Hall–Kier alpha value is -2.44. The van der Waals surface area contributed by atoms with Crippen LogP contribution in [0.2, 0.25) is 0 Å². The summed E-state index contributed by atoms with van der Waals surface area (Å²) in [5.74, 6) is 2.54. The zero-order chi connectivity index (χ0) is 16.4. The number of aromatic nitrogens is 3. The lowest BCUT2D eigenvalue weighted by Crippen LogP contribution is -2.47. The second kappa shape index (κ2) is 6.59. The van der Waals surface area contributed by atoms with Crippen molar-refractivity contribution in [3.63, 3.8) is 0 Å². The molecule has 0 spiro atoms. The maximum Gasteiger partial charge on any atom is 0.141 e. The van der Waals surface area contributed by atoms with Crippen LogP contribution in [0.1, 0.15) is 12.8 Å². The summed E-state index contributed by atoms with van der Waals surface area (Å²) in [6.45, 7) is 5.61. The fourth-order valence-corrected chi connectivity index (χ4v) is 3.35. The maximum atomic E-state index is 13.0. The highest BCUT2D eigenvalue weighted by Crippen LogP contribution is 2.23. The van der Waals surface area contributed by atoms with Crippen molar-refractivity contribution in [2.75, 3.05) is 54.0 Å². The van der Waals surface area contributed by atoms with Crippen LogP contribution in [0.25, 0.3) is 0 Å². The molecule has 2 saturated heterocycles. The first-order valence-corrected chi connectivity index (χ1v) is 8.48. The number of hydrogen-bond acceptors (Lipinski definition) is 6. The highest BCUT2D eigenvalue weighted by molar-refractivity contribution is 5.52. The van der Waals surface area contributed by atoms with Gasteiger partial charge in [0.1, 0.15) is 29.6 Å². The molecule has 2 aliphatic heterocycles. The van der Waals surface area contributed by atoms with Gasteiger partial charge in [-0.3, -0.25) is 0 Å². The van der Waals surface area contributed by atoms with Crippen LogP contribution in [0.5, 0.6) is 0 Å². The number of piperazine rings is 1. The molecule has 24 heavy (non-hydrogen) atoms. The molecule has 4 heterocycles. The highest BCUT2D eigenvalue weighted by atomic mass is 19.1. The summed E-state index contributed by atoms with van der Waals surface area (Å²) in [4.78, 5) is 19.8. The molecular formula is C17H21FN6. The van der Waals surface area contributed by atoms with Crippen LogP contribution in [-0.2, 0) is 0 Å². The minimum atomic E-state index is -0.298. The molecule has 126 valence electrons. The van der Waals surface area contributed by atoms with Gasteiger partial charge in [-0.2, -0.15) is 0 Å². The van der Waals surface area contributed by atoms with Crippen molar-refractivity contribution in [3.05, 3.63) is 36.5 Å². The average molecular weight is 328 g/mol. The number of nitrogens with zero attached hydrogens (tertiary/aromatic N) is 6. The number of halogens is 1. The van der Waals surface area contributed by atoms with Gasteiger partial charge in [-0.05, 0) is 25.0 Å². The fraction of sp³-hybridized carbons (Fsp3) is 0.471. The molecule has 6 nitrogen and oxygen atoms in total. The van der Waals surface area contributed by atoms with Crippen LogP contribution >= 0.6 is 0 Å². The summed E-state index contributed by atoms with van der Waals surface area (Å²) in [7, 11) is 0. The van der Waals surface area contributed by atoms with Gasteiger partial charge in [-0.25, -0.2) is 19.3 Å². The van der Waals surface area contributed by atoms with Gasteiger partial charge < -0.3 is 14.7 Å². The number of pyridine rings is 1. The molecule has 2 aromatic rings. The van der Waals surface area contributed by atoms with Crippen molar-refractivity contribution in [1.82, 2.24) is 15.0 Å². The number of rotatable bonds is 3. The van der Waals surface area contributed by atoms with Gasteiger partial charge in [-0.1, -0.05) is 0 Å². The predicted octanol–water partition coefficient (Wildman–Crippen LogP) is 1.94. The third-order valence-electron chi connectivity index (χ3n) is 4.71. The van der Waals surface area contributed by atoms with Crippen LogP contribution in [0, 0.1) is 5.82 Å². The van der Waals surface area contributed by atoms with E-state index >= 15 is 0 Å². The van der Waals surface area contributed by atoms with Crippen molar-refractivity contribution >= 4 is 17.5 Å². The van der Waals surface area contributed by atoms with Crippen molar-refractivity contribution in [2.24, 2.45) is 0 Å². The topological polar surface area (TPSA) is 48.4 Å². The monoisotopic (exact) mass is 328 g/mol. The summed E-state index contributed by atoms with van der Waals surface area (Å²) >= 11 is 0. The van der Waals surface area contributed by atoms with Crippen molar-refractivity contribution in [1.29, 1.82) is 0 Å². The fourth-order valence-electron chi connectivity index (χ4n) is 3.35. The molecule has 0 radical (unpaired) electrons. The first-order valence-electron chi connectivity index (χ1n) is 8.48. The molecule has 0 bridgehead atoms. The van der Waals surface area contributed by atoms with Crippen molar-refractivity contribution in [3.8, 4) is 0 Å². The maximum absolute atomic E-state index is 13.0. The van der Waals surface area contributed by atoms with Gasteiger partial charge in [0.25, 0.3) is 0 Å². The van der Waals surface area contributed by atoms with E-state index < -0.39 is 0 Å². The van der Waals surface area contributed by atoms with Gasteiger partial charge in [0.15, 0.2) is 0 Å². The molecule has 0 amide bonds. The van der Waals surface area contributed by atoms with Gasteiger partial charge in [-0.15, -0.1) is 0 Å². The first kappa shape index (κ1) is 15.1. The number of anilines is 3. The van der Waals surface area contributed by atoms with E-state index in [4.69, 9.17) is 0 Å². The van der Waals surface area contributed by atoms with Crippen LogP contribution in [0.15, 0.2) is 30.7 Å². The lowest BCUT2D eigenvalue weighted by molar-refractivity contribution is 0.614. The molecule has 7 heteroatoms. The second-order valence-electron chi connectivity index (χ2n) is 6.24. The molecule has 0 unspecified atom stereocenters. The SMILES string of the molecule is Fc1ccc(N2CCN(c3cc(N4CCCC4)ncn3)CC2)nc1. The Morgan fingerprint density at radius 2 is 1.29 bits per heavy atom. The van der Waals surface area contributed by atoms with E-state index in [2.05, 4.69) is 35.7 Å². The zero-order valence-electron chi connectivity index (χ0n) is 13.6. The summed E-state index contributed by atoms with van der Waals surface area (Å²) < 4.78 is 13.0. The molecule has 4 rings (SSSR count). The van der Waals surface area contributed by atoms with Gasteiger partial charge in [0, 0.05) is 45.3 Å². The van der Waals surface area contributed by atoms with E-state index in [1.165, 1.54) is 25.1 Å². The Morgan fingerprint density at radius 3 is 1.88 bits per heavy atom. The Balaban J connectivity index is 1.42. The first-order chi connectivity index (χ1) is 11.8. The third-order valence-corrected chi connectivity index (χ3v) is 4.71. The quantitative estimate of drug-likeness (QED) is 0.858. The smallest absolute Gasteiger partial charge is 0.141 e. The largest absolute Gasteiger partial charge is 0.356 e. The Labute approximate surface area is 141 Å². The minimum Gasteiger partial charge on any atom is -0.356 e. The number of hydrogen-bond donors (Lipinski definition) is 0. The Morgan fingerprint density at radius 1 is 0.708 bits per heavy atom. The molecule has 2 aliphatic rings. The van der Waals surface area contributed by atoms with E-state index in [1.807, 2.05) is 0 Å².